The molecule has 1 aliphatic heterocycles. The Morgan fingerprint density at radius 1 is 1.46 bits per heavy atom. The summed E-state index contributed by atoms with van der Waals surface area (Å²) in [7, 11) is 5.68. The first-order chi connectivity index (χ1) is 11.7. The standard InChI is InChI=1S/C17H24N6O/c1-18-17(22(2)11-16-20-12-21-23(16)3)19-8-6-13-4-5-15-14(10-13)7-9-24-15/h4-5,10,12H,6-9,11H2,1-3H3,(H,18,19). The summed E-state index contributed by atoms with van der Waals surface area (Å²) in [6.45, 7) is 2.29. The molecule has 0 bridgehead atoms. The summed E-state index contributed by atoms with van der Waals surface area (Å²) >= 11 is 0. The van der Waals surface area contributed by atoms with Crippen molar-refractivity contribution in [1.82, 2.24) is 25.0 Å². The monoisotopic (exact) mass is 328 g/mol. The van der Waals surface area contributed by atoms with E-state index >= 15 is 0 Å². The van der Waals surface area contributed by atoms with Crippen molar-refractivity contribution in [2.75, 3.05) is 27.2 Å². The minimum absolute atomic E-state index is 0.659. The first kappa shape index (κ1) is 16.3. The molecule has 2 heterocycles. The second kappa shape index (κ2) is 7.33. The van der Waals surface area contributed by atoms with Crippen LogP contribution in [0.2, 0.25) is 0 Å². The van der Waals surface area contributed by atoms with Crippen LogP contribution in [0.3, 0.4) is 0 Å². The first-order valence-corrected chi connectivity index (χ1v) is 8.16. The molecule has 0 atom stereocenters. The Balaban J connectivity index is 1.51. The maximum absolute atomic E-state index is 5.55. The Morgan fingerprint density at radius 3 is 3.08 bits per heavy atom. The van der Waals surface area contributed by atoms with E-state index < -0.39 is 0 Å². The number of aliphatic imine (C=N–C) groups is 1. The number of guanidine groups is 1. The molecule has 0 spiro atoms. The Hall–Kier alpha value is -2.57. The van der Waals surface area contributed by atoms with Crippen molar-refractivity contribution < 1.29 is 4.74 Å². The molecule has 7 heteroatoms. The zero-order valence-corrected chi connectivity index (χ0v) is 14.5. The van der Waals surface area contributed by atoms with Crippen molar-refractivity contribution >= 4 is 5.96 Å². The Kier molecular flexibility index (Phi) is 4.98. The third-order valence-electron chi connectivity index (χ3n) is 4.21. The molecule has 0 saturated carbocycles. The van der Waals surface area contributed by atoms with E-state index in [1.165, 1.54) is 11.1 Å². The van der Waals surface area contributed by atoms with Gasteiger partial charge in [-0.1, -0.05) is 12.1 Å². The molecule has 1 aromatic heterocycles. The van der Waals surface area contributed by atoms with Crippen LogP contribution in [0.25, 0.3) is 0 Å². The first-order valence-electron chi connectivity index (χ1n) is 8.16. The molecule has 0 fully saturated rings. The molecule has 24 heavy (non-hydrogen) atoms. The lowest BCUT2D eigenvalue weighted by Crippen LogP contribution is -2.39. The van der Waals surface area contributed by atoms with Crippen LogP contribution < -0.4 is 10.1 Å². The molecule has 3 rings (SSSR count). The van der Waals surface area contributed by atoms with E-state index in [-0.39, 0.29) is 0 Å². The van der Waals surface area contributed by atoms with Crippen molar-refractivity contribution in [2.45, 2.75) is 19.4 Å². The normalized spacial score (nSPS) is 13.5. The number of aromatic nitrogens is 3. The number of fused-ring (bicyclic) bond motifs is 1. The molecule has 0 unspecified atom stereocenters. The van der Waals surface area contributed by atoms with Gasteiger partial charge < -0.3 is 15.0 Å². The average molecular weight is 328 g/mol. The van der Waals surface area contributed by atoms with E-state index in [0.29, 0.717) is 6.54 Å². The van der Waals surface area contributed by atoms with Crippen molar-refractivity contribution in [2.24, 2.45) is 12.0 Å². The van der Waals surface area contributed by atoms with Crippen molar-refractivity contribution in [3.05, 3.63) is 41.5 Å². The van der Waals surface area contributed by atoms with Crippen LogP contribution in [-0.4, -0.2) is 52.9 Å². The number of ether oxygens (including phenoxy) is 1. The third kappa shape index (κ3) is 3.67. The summed E-state index contributed by atoms with van der Waals surface area (Å²) in [6, 6.07) is 6.46. The molecule has 0 aliphatic carbocycles. The zero-order valence-electron chi connectivity index (χ0n) is 14.5. The van der Waals surface area contributed by atoms with E-state index in [1.807, 2.05) is 19.0 Å². The summed E-state index contributed by atoms with van der Waals surface area (Å²) in [4.78, 5) is 10.6. The fraction of sp³-hybridized carbons (Fsp3) is 0.471. The largest absolute Gasteiger partial charge is 0.493 e. The third-order valence-corrected chi connectivity index (χ3v) is 4.21. The van der Waals surface area contributed by atoms with Gasteiger partial charge in [0.1, 0.15) is 17.9 Å². The topological polar surface area (TPSA) is 67.6 Å². The van der Waals surface area contributed by atoms with Gasteiger partial charge >= 0.3 is 0 Å². The Labute approximate surface area is 142 Å². The molecule has 0 saturated heterocycles. The molecule has 1 aliphatic rings. The Morgan fingerprint density at radius 2 is 2.33 bits per heavy atom. The van der Waals surface area contributed by atoms with Crippen molar-refractivity contribution in [3.8, 4) is 5.75 Å². The van der Waals surface area contributed by atoms with Crippen LogP contribution in [0.15, 0.2) is 29.5 Å². The van der Waals surface area contributed by atoms with Crippen LogP contribution in [0.4, 0.5) is 0 Å². The van der Waals surface area contributed by atoms with Crippen LogP contribution in [0.1, 0.15) is 17.0 Å². The van der Waals surface area contributed by atoms with E-state index in [4.69, 9.17) is 4.74 Å². The van der Waals surface area contributed by atoms with Crippen molar-refractivity contribution in [3.63, 3.8) is 0 Å². The van der Waals surface area contributed by atoms with Crippen LogP contribution in [0.5, 0.6) is 5.75 Å². The van der Waals surface area contributed by atoms with Gasteiger partial charge in [-0.3, -0.25) is 9.67 Å². The second-order valence-electron chi connectivity index (χ2n) is 5.92. The van der Waals surface area contributed by atoms with Gasteiger partial charge in [-0.05, 0) is 23.6 Å². The van der Waals surface area contributed by atoms with Gasteiger partial charge in [0.15, 0.2) is 5.96 Å². The molecular formula is C17H24N6O. The summed E-state index contributed by atoms with van der Waals surface area (Å²) in [5, 5.41) is 7.50. The highest BCUT2D eigenvalue weighted by molar-refractivity contribution is 5.79. The zero-order chi connectivity index (χ0) is 16.9. The predicted molar refractivity (Wildman–Crippen MR) is 93.2 cm³/mol. The number of aryl methyl sites for hydroxylation is 1. The predicted octanol–water partition coefficient (Wildman–Crippen LogP) is 1.000. The highest BCUT2D eigenvalue weighted by Crippen LogP contribution is 2.25. The number of nitrogens with one attached hydrogen (secondary N) is 1. The summed E-state index contributed by atoms with van der Waals surface area (Å²) in [6.07, 6.45) is 3.53. The lowest BCUT2D eigenvalue weighted by atomic mass is 10.1. The molecule has 1 N–H and O–H groups in total. The molecule has 128 valence electrons. The summed E-state index contributed by atoms with van der Waals surface area (Å²) in [5.41, 5.74) is 2.63. The van der Waals surface area contributed by atoms with Gasteiger partial charge in [0.2, 0.25) is 0 Å². The van der Waals surface area contributed by atoms with Gasteiger partial charge in [-0.2, -0.15) is 5.10 Å². The average Bonchev–Trinajstić information content (AvgIpc) is 3.20. The number of benzene rings is 1. The van der Waals surface area contributed by atoms with Gasteiger partial charge in [-0.25, -0.2) is 4.98 Å². The lowest BCUT2D eigenvalue weighted by Gasteiger charge is -2.21. The minimum atomic E-state index is 0.659. The summed E-state index contributed by atoms with van der Waals surface area (Å²) < 4.78 is 7.32. The number of hydrogen-bond donors (Lipinski definition) is 1. The van der Waals surface area contributed by atoms with Crippen LogP contribution in [0, 0.1) is 0 Å². The molecule has 0 amide bonds. The van der Waals surface area contributed by atoms with E-state index in [1.54, 1.807) is 18.1 Å². The van der Waals surface area contributed by atoms with Crippen LogP contribution in [-0.2, 0) is 26.4 Å². The molecule has 1 aromatic carbocycles. The molecule has 0 radical (unpaired) electrons. The number of nitrogens with zero attached hydrogens (tertiary/aromatic N) is 5. The maximum atomic E-state index is 5.55. The fourth-order valence-corrected chi connectivity index (χ4v) is 2.85. The smallest absolute Gasteiger partial charge is 0.193 e. The van der Waals surface area contributed by atoms with E-state index in [0.717, 1.165) is 43.5 Å². The van der Waals surface area contributed by atoms with Crippen LogP contribution >= 0.6 is 0 Å². The highest BCUT2D eigenvalue weighted by atomic mass is 16.5. The number of rotatable bonds is 5. The quantitative estimate of drug-likeness (QED) is 0.655. The van der Waals surface area contributed by atoms with Gasteiger partial charge in [0, 0.05) is 34.1 Å². The second-order valence-corrected chi connectivity index (χ2v) is 5.92. The summed E-state index contributed by atoms with van der Waals surface area (Å²) in [5.74, 6) is 2.78. The van der Waals surface area contributed by atoms with Crippen molar-refractivity contribution in [1.29, 1.82) is 0 Å². The van der Waals surface area contributed by atoms with E-state index in [9.17, 15) is 0 Å². The fourth-order valence-electron chi connectivity index (χ4n) is 2.85. The minimum Gasteiger partial charge on any atom is -0.493 e. The van der Waals surface area contributed by atoms with Gasteiger partial charge in [0.05, 0.1) is 13.2 Å². The Bertz CT molecular complexity index is 724. The highest BCUT2D eigenvalue weighted by Gasteiger charge is 2.12. The lowest BCUT2D eigenvalue weighted by molar-refractivity contribution is 0.357. The number of hydrogen-bond acceptors (Lipinski definition) is 4. The molecule has 2 aromatic rings. The van der Waals surface area contributed by atoms with E-state index in [2.05, 4.69) is 38.6 Å². The van der Waals surface area contributed by atoms with Gasteiger partial charge in [0.25, 0.3) is 0 Å². The molecule has 7 nitrogen and oxygen atoms in total. The SMILES string of the molecule is CN=C(NCCc1ccc2c(c1)CCO2)N(C)Cc1ncnn1C. The molecular weight excluding hydrogens is 304 g/mol. The van der Waals surface area contributed by atoms with Gasteiger partial charge in [-0.15, -0.1) is 0 Å². The maximum Gasteiger partial charge on any atom is 0.193 e.